The van der Waals surface area contributed by atoms with E-state index in [1.165, 1.54) is 46.2 Å². The summed E-state index contributed by atoms with van der Waals surface area (Å²) >= 11 is 0. The Morgan fingerprint density at radius 3 is 1.43 bits per heavy atom. The van der Waals surface area contributed by atoms with Crippen LogP contribution in [0.2, 0.25) is 20.5 Å². The maximum absolute atomic E-state index is 6.61. The maximum Gasteiger partial charge on any atom is 0.380 e. The van der Waals surface area contributed by atoms with Gasteiger partial charge in [0, 0.05) is 12.1 Å². The van der Waals surface area contributed by atoms with E-state index in [-0.39, 0.29) is 44.9 Å². The van der Waals surface area contributed by atoms with Crippen LogP contribution in [0.5, 0.6) is 0 Å². The van der Waals surface area contributed by atoms with Crippen LogP contribution in [0.4, 0.5) is 0 Å². The van der Waals surface area contributed by atoms with Crippen molar-refractivity contribution in [2.75, 3.05) is 6.54 Å². The van der Waals surface area contributed by atoms with Gasteiger partial charge in [-0.05, 0) is 79.2 Å². The summed E-state index contributed by atoms with van der Waals surface area (Å²) in [6, 6.07) is 64.4. The van der Waals surface area contributed by atoms with Crippen LogP contribution in [0.1, 0.15) is 72.2 Å². The summed E-state index contributed by atoms with van der Waals surface area (Å²) in [6.45, 7) is 12.0. The summed E-state index contributed by atoms with van der Waals surface area (Å²) in [5, 5.41) is 7.12. The van der Waals surface area contributed by atoms with Crippen LogP contribution in [0.15, 0.2) is 182 Å². The molecule has 0 aliphatic carbocycles. The Balaban J connectivity index is 0.000000125. The molecule has 4 aliphatic heterocycles. The van der Waals surface area contributed by atoms with Crippen molar-refractivity contribution in [1.82, 2.24) is 15.3 Å². The van der Waals surface area contributed by atoms with Gasteiger partial charge in [0.2, 0.25) is 0 Å². The van der Waals surface area contributed by atoms with Crippen LogP contribution < -0.4 is 10.5 Å². The molecule has 4 aliphatic rings. The number of hydrogen-bond acceptors (Lipinski definition) is 6. The number of nitrogens with zero attached hydrogens (tertiary/aromatic N) is 1. The van der Waals surface area contributed by atoms with Gasteiger partial charge in [-0.15, -0.1) is 0 Å². The average Bonchev–Trinajstić information content (AvgIpc) is 4.10. The predicted octanol–water partition coefficient (Wildman–Crippen LogP) is 10.4. The zero-order chi connectivity index (χ0) is 41.5. The number of benzene rings is 6. The molecule has 6 nitrogen and oxygen atoms in total. The zero-order valence-electron chi connectivity index (χ0n) is 35.7. The lowest BCUT2D eigenvalue weighted by Gasteiger charge is -2.38. The highest BCUT2D eigenvalue weighted by Crippen LogP contribution is 2.49. The highest BCUT2D eigenvalue weighted by atomic mass is 16.5. The first-order valence-electron chi connectivity index (χ1n) is 21.9. The Morgan fingerprint density at radius 1 is 0.533 bits per heavy atom. The van der Waals surface area contributed by atoms with Crippen molar-refractivity contribution >= 4 is 21.2 Å². The fourth-order valence-corrected chi connectivity index (χ4v) is 10.1. The molecule has 0 amide bonds. The molecule has 0 aromatic heterocycles. The zero-order valence-corrected chi connectivity index (χ0v) is 35.7. The summed E-state index contributed by atoms with van der Waals surface area (Å²) in [5.41, 5.74) is 6.74. The van der Waals surface area contributed by atoms with Crippen LogP contribution in [0, 0.1) is 5.92 Å². The van der Waals surface area contributed by atoms with E-state index in [1.54, 1.807) is 0 Å². The van der Waals surface area contributed by atoms with Gasteiger partial charge in [0.05, 0.1) is 12.1 Å². The number of fused-ring (bicyclic) bond motifs is 1. The van der Waals surface area contributed by atoms with E-state index in [2.05, 4.69) is 219 Å². The van der Waals surface area contributed by atoms with Gasteiger partial charge in [-0.1, -0.05) is 196 Å². The lowest BCUT2D eigenvalue weighted by atomic mass is 9.76. The maximum atomic E-state index is 6.61. The Hall–Kier alpha value is -4.73. The summed E-state index contributed by atoms with van der Waals surface area (Å²) in [5.74, 6) is 0.468. The molecule has 4 saturated heterocycles. The van der Waals surface area contributed by atoms with Crippen molar-refractivity contribution in [1.29, 1.82) is 0 Å². The molecule has 0 unspecified atom stereocenters. The molecule has 60 heavy (non-hydrogen) atoms. The van der Waals surface area contributed by atoms with Crippen molar-refractivity contribution in [2.45, 2.75) is 82.6 Å². The van der Waals surface area contributed by atoms with E-state index in [1.807, 2.05) is 12.1 Å². The first kappa shape index (κ1) is 42.0. The van der Waals surface area contributed by atoms with Crippen LogP contribution in [0.25, 0.3) is 0 Å². The Bertz CT molecular complexity index is 2000. The third kappa shape index (κ3) is 8.45. The summed E-state index contributed by atoms with van der Waals surface area (Å²) in [4.78, 5) is 2.53. The molecule has 4 fully saturated rings. The number of hydrogen-bond donors (Lipinski definition) is 2. The molecule has 2 N–H and O–H groups in total. The van der Waals surface area contributed by atoms with E-state index in [0.29, 0.717) is 12.0 Å². The molecule has 10 rings (SSSR count). The molecule has 304 valence electrons. The number of rotatable bonds is 7. The van der Waals surface area contributed by atoms with Gasteiger partial charge >= 0.3 is 21.2 Å². The van der Waals surface area contributed by atoms with Crippen LogP contribution in [0.3, 0.4) is 0 Å². The van der Waals surface area contributed by atoms with Crippen LogP contribution in [-0.4, -0.2) is 44.6 Å². The van der Waals surface area contributed by atoms with Gasteiger partial charge in [-0.2, -0.15) is 0 Å². The third-order valence-electron chi connectivity index (χ3n) is 12.6. The van der Waals surface area contributed by atoms with Gasteiger partial charge in [-0.3, -0.25) is 0 Å². The smallest absolute Gasteiger partial charge is 0.380 e. The Labute approximate surface area is 359 Å². The SMILES string of the molecule is CB1N[C@H](C(C)C)C(c2ccccc2)(c2ccccc2)O1.CB1N[C@H](c2ccccc2)[C@H](c2ccccc2)O1.CB1OC(c2ccccc2)(c2ccccc2)[C@H]2CCCN12. The standard InChI is InChI=1S/C18H20BNO.C18H22BNO.C15H16BNO/c1-19-20-14-8-13-17(20)18(21-19,15-9-4-2-5-10-15)16-11-6-3-7-12-16;1-14(2)17-18(21-19(3)20-17,15-10-6-4-7-11-15)16-12-8-5-9-13-16;1-16-17-14(12-8-4-2-5-9-12)15(18-16)13-10-6-3-7-11-13/h2-7,9-12,17H,8,13-14H2,1H3;4-14,17,20H,1-3H3;2-11,14-15,17H,1H3/t2*17-;14-,15+/m111/s1. The lowest BCUT2D eigenvalue weighted by molar-refractivity contribution is 0.0954. The quantitative estimate of drug-likeness (QED) is 0.157. The fourth-order valence-electron chi connectivity index (χ4n) is 10.1. The second-order valence-electron chi connectivity index (χ2n) is 16.9. The molecule has 9 heteroatoms. The van der Waals surface area contributed by atoms with Crippen LogP contribution >= 0.6 is 0 Å². The molecule has 6 aromatic rings. The van der Waals surface area contributed by atoms with Gasteiger partial charge < -0.3 is 29.2 Å². The van der Waals surface area contributed by atoms with E-state index >= 15 is 0 Å². The molecule has 0 bridgehead atoms. The molecule has 0 saturated carbocycles. The molecule has 0 radical (unpaired) electrons. The minimum atomic E-state index is -0.421. The monoisotopic (exact) mass is 793 g/mol. The molecule has 0 spiro atoms. The average molecular weight is 793 g/mol. The lowest BCUT2D eigenvalue weighted by Crippen LogP contribution is -2.46. The van der Waals surface area contributed by atoms with Crippen molar-refractivity contribution in [3.8, 4) is 0 Å². The second-order valence-corrected chi connectivity index (χ2v) is 16.9. The highest BCUT2D eigenvalue weighted by molar-refractivity contribution is 6.49. The summed E-state index contributed by atoms with van der Waals surface area (Å²) < 4.78 is 19.1. The largest absolute Gasteiger partial charge is 0.413 e. The predicted molar refractivity (Wildman–Crippen MR) is 248 cm³/mol. The van der Waals surface area contributed by atoms with Gasteiger partial charge in [-0.25, -0.2) is 0 Å². The van der Waals surface area contributed by atoms with Gasteiger partial charge in [0.15, 0.2) is 0 Å². The van der Waals surface area contributed by atoms with Crippen molar-refractivity contribution in [2.24, 2.45) is 5.92 Å². The van der Waals surface area contributed by atoms with Gasteiger partial charge in [0.1, 0.15) is 11.2 Å². The molecular formula is C51H58B3N3O3. The van der Waals surface area contributed by atoms with E-state index in [0.717, 1.165) is 6.54 Å². The minimum absolute atomic E-state index is 0.0396. The first-order valence-corrected chi connectivity index (χ1v) is 21.9. The third-order valence-corrected chi connectivity index (χ3v) is 12.6. The van der Waals surface area contributed by atoms with Crippen molar-refractivity contribution in [3.63, 3.8) is 0 Å². The van der Waals surface area contributed by atoms with E-state index in [9.17, 15) is 0 Å². The van der Waals surface area contributed by atoms with Crippen molar-refractivity contribution in [3.05, 3.63) is 215 Å². The normalized spacial score (nSPS) is 22.8. The highest BCUT2D eigenvalue weighted by Gasteiger charge is 2.57. The summed E-state index contributed by atoms with van der Waals surface area (Å²) in [6.07, 6.45) is 2.55. The van der Waals surface area contributed by atoms with Crippen molar-refractivity contribution < 1.29 is 14.0 Å². The Morgan fingerprint density at radius 2 is 0.967 bits per heavy atom. The second kappa shape index (κ2) is 18.9. The van der Waals surface area contributed by atoms with Gasteiger partial charge in [0.25, 0.3) is 0 Å². The Kier molecular flexibility index (Phi) is 13.2. The molecule has 6 aromatic carbocycles. The minimum Gasteiger partial charge on any atom is -0.413 e. The summed E-state index contributed by atoms with van der Waals surface area (Å²) in [7, 11) is 0.302. The number of nitrogens with one attached hydrogen (secondary N) is 2. The first-order chi connectivity index (χ1) is 29.3. The van der Waals surface area contributed by atoms with Crippen LogP contribution in [-0.2, 0) is 25.2 Å². The van der Waals surface area contributed by atoms with E-state index < -0.39 is 5.60 Å². The molecular weight excluding hydrogens is 735 g/mol. The molecule has 4 heterocycles. The van der Waals surface area contributed by atoms with E-state index in [4.69, 9.17) is 14.0 Å². The topological polar surface area (TPSA) is 55.0 Å². The fraction of sp³-hybridized carbons (Fsp3) is 0.294. The molecule has 4 atom stereocenters.